The molecular formula is C35H40BCl2N3O. The first kappa shape index (κ1) is 29.6. The van der Waals surface area contributed by atoms with Crippen molar-refractivity contribution < 1.29 is 4.79 Å². The van der Waals surface area contributed by atoms with Crippen molar-refractivity contribution in [2.24, 2.45) is 17.8 Å². The number of nitrogens with one attached hydrogen (secondary N) is 1. The second-order valence-corrected chi connectivity index (χ2v) is 13.6. The van der Waals surface area contributed by atoms with Gasteiger partial charge in [0.05, 0.1) is 5.69 Å². The van der Waals surface area contributed by atoms with E-state index in [1.165, 1.54) is 35.1 Å². The zero-order valence-electron chi connectivity index (χ0n) is 24.5. The van der Waals surface area contributed by atoms with Crippen molar-refractivity contribution >= 4 is 48.1 Å². The number of anilines is 1. The highest BCUT2D eigenvalue weighted by Gasteiger charge is 2.37. The topological polar surface area (TPSA) is 45.2 Å². The van der Waals surface area contributed by atoms with Crippen molar-refractivity contribution in [1.29, 1.82) is 0 Å². The Hall–Kier alpha value is -2.50. The predicted molar refractivity (Wildman–Crippen MR) is 174 cm³/mol. The van der Waals surface area contributed by atoms with Crippen LogP contribution in [0.2, 0.25) is 10.0 Å². The Labute approximate surface area is 262 Å². The van der Waals surface area contributed by atoms with Crippen LogP contribution >= 0.6 is 23.2 Å². The van der Waals surface area contributed by atoms with E-state index in [0.29, 0.717) is 23.7 Å². The van der Waals surface area contributed by atoms with Crippen molar-refractivity contribution in [2.75, 3.05) is 25.0 Å². The number of likely N-dealkylation sites (tertiary alicyclic amines) is 1. The summed E-state index contributed by atoms with van der Waals surface area (Å²) in [5, 5.41) is 5.14. The minimum absolute atomic E-state index is 0.143. The van der Waals surface area contributed by atoms with Crippen molar-refractivity contribution in [2.45, 2.75) is 70.6 Å². The van der Waals surface area contributed by atoms with Gasteiger partial charge in [0.25, 0.3) is 0 Å². The molecule has 2 aliphatic carbocycles. The predicted octanol–water partition coefficient (Wildman–Crippen LogP) is 7.27. The number of piperidine rings is 1. The van der Waals surface area contributed by atoms with Gasteiger partial charge in [-0.1, -0.05) is 53.6 Å². The maximum atomic E-state index is 13.1. The Bertz CT molecular complexity index is 1420. The summed E-state index contributed by atoms with van der Waals surface area (Å²) in [6.07, 6.45) is 10.9. The van der Waals surface area contributed by atoms with Crippen LogP contribution in [0.15, 0.2) is 48.7 Å². The number of unbranched alkanes of at least 4 members (excludes halogenated alkanes) is 1. The minimum atomic E-state index is 0.143. The van der Waals surface area contributed by atoms with Crippen LogP contribution in [-0.4, -0.2) is 43.3 Å². The second-order valence-electron chi connectivity index (χ2n) is 12.7. The number of nitrogens with zero attached hydrogens (tertiary/aromatic N) is 2. The first-order chi connectivity index (χ1) is 20.4. The first-order valence-corrected chi connectivity index (χ1v) is 16.4. The summed E-state index contributed by atoms with van der Waals surface area (Å²) in [4.78, 5) is 20.1. The molecule has 3 unspecified atom stereocenters. The molecule has 1 aliphatic heterocycles. The molecule has 2 fully saturated rings. The lowest BCUT2D eigenvalue weighted by Gasteiger charge is -2.37. The summed E-state index contributed by atoms with van der Waals surface area (Å²) in [5.41, 5.74) is 7.98. The number of pyridine rings is 1. The number of carbonyl (C=O) groups excluding carboxylic acids is 1. The molecule has 4 nitrogen and oxygen atoms in total. The maximum absolute atomic E-state index is 13.1. The standard InChI is InChI=1S/C35H40BCl2N3O/c1-22-16-25-6-7-26-19-28(36)21-40-35(26)34(33(25)31(38)17-22)23-12-14-41(15-13-23)32(42)5-3-2-4-24-18-27(24)20-39-30-10-8-29(37)9-11-30/h8-11,16-17,19,21,23-24,27,34,39H,2-7,12-15,18,20H2,1H3. The fourth-order valence-electron chi connectivity index (χ4n) is 7.32. The van der Waals surface area contributed by atoms with Gasteiger partial charge in [-0.15, -0.1) is 0 Å². The Morgan fingerprint density at radius 3 is 2.57 bits per heavy atom. The molecule has 3 aromatic rings. The molecule has 6 rings (SSSR count). The lowest BCUT2D eigenvalue weighted by atomic mass is 9.76. The molecule has 1 amide bonds. The van der Waals surface area contributed by atoms with E-state index in [0.717, 1.165) is 91.4 Å². The third-order valence-corrected chi connectivity index (χ3v) is 10.3. The maximum Gasteiger partial charge on any atom is 0.222 e. The Morgan fingerprint density at radius 2 is 1.79 bits per heavy atom. The number of halogens is 2. The largest absolute Gasteiger partial charge is 0.385 e. The normalized spacial score (nSPS) is 21.8. The van der Waals surface area contributed by atoms with Crippen LogP contribution in [0, 0.1) is 24.7 Å². The molecule has 1 saturated carbocycles. The minimum Gasteiger partial charge on any atom is -0.385 e. The lowest BCUT2D eigenvalue weighted by Crippen LogP contribution is -2.40. The van der Waals surface area contributed by atoms with Crippen molar-refractivity contribution in [1.82, 2.24) is 9.88 Å². The molecule has 3 aliphatic rings. The smallest absolute Gasteiger partial charge is 0.222 e. The van der Waals surface area contributed by atoms with Crippen molar-refractivity contribution in [3.8, 4) is 0 Å². The highest BCUT2D eigenvalue weighted by Crippen LogP contribution is 2.45. The van der Waals surface area contributed by atoms with Gasteiger partial charge < -0.3 is 10.2 Å². The summed E-state index contributed by atoms with van der Waals surface area (Å²) >= 11 is 12.9. The summed E-state index contributed by atoms with van der Waals surface area (Å²) < 4.78 is 0. The summed E-state index contributed by atoms with van der Waals surface area (Å²) in [6.45, 7) is 4.75. The van der Waals surface area contributed by atoms with Gasteiger partial charge in [0.15, 0.2) is 0 Å². The fraction of sp³-hybridized carbons (Fsp3) is 0.486. The fourth-order valence-corrected chi connectivity index (χ4v) is 7.86. The van der Waals surface area contributed by atoms with Gasteiger partial charge in [0.2, 0.25) is 5.91 Å². The van der Waals surface area contributed by atoms with Gasteiger partial charge in [0, 0.05) is 53.9 Å². The van der Waals surface area contributed by atoms with Crippen molar-refractivity contribution in [3.63, 3.8) is 0 Å². The van der Waals surface area contributed by atoms with Crippen LogP contribution in [-0.2, 0) is 17.6 Å². The molecular weight excluding hydrogens is 560 g/mol. The first-order valence-electron chi connectivity index (χ1n) is 15.7. The Kier molecular flexibility index (Phi) is 9.16. The number of hydrogen-bond donors (Lipinski definition) is 1. The van der Waals surface area contributed by atoms with E-state index in [-0.39, 0.29) is 5.92 Å². The highest BCUT2D eigenvalue weighted by molar-refractivity contribution is 6.32. The van der Waals surface area contributed by atoms with E-state index >= 15 is 0 Å². The molecule has 2 heterocycles. The van der Waals surface area contributed by atoms with Gasteiger partial charge in [0.1, 0.15) is 7.85 Å². The molecule has 3 atom stereocenters. The number of hydrogen-bond acceptors (Lipinski definition) is 3. The quantitative estimate of drug-likeness (QED) is 0.208. The summed E-state index contributed by atoms with van der Waals surface area (Å²) in [6, 6.07) is 14.4. The average molecular weight is 600 g/mol. The van der Waals surface area contributed by atoms with Gasteiger partial charge in [-0.25, -0.2) is 0 Å². The van der Waals surface area contributed by atoms with E-state index in [2.05, 4.69) is 35.3 Å². The molecule has 2 aromatic carbocycles. The van der Waals surface area contributed by atoms with Crippen molar-refractivity contribution in [3.05, 3.63) is 86.7 Å². The van der Waals surface area contributed by atoms with Crippen LogP contribution in [0.3, 0.4) is 0 Å². The number of amides is 1. The molecule has 0 bridgehead atoms. The van der Waals surface area contributed by atoms with Gasteiger partial charge in [-0.2, -0.15) is 0 Å². The average Bonchev–Trinajstić information content (AvgIpc) is 3.76. The Morgan fingerprint density at radius 1 is 1.02 bits per heavy atom. The van der Waals surface area contributed by atoms with Crippen LogP contribution in [0.1, 0.15) is 78.8 Å². The van der Waals surface area contributed by atoms with E-state index in [1.807, 2.05) is 24.3 Å². The third-order valence-electron chi connectivity index (χ3n) is 9.71. The molecule has 1 N–H and O–H groups in total. The van der Waals surface area contributed by atoms with Gasteiger partial charge >= 0.3 is 0 Å². The monoisotopic (exact) mass is 599 g/mol. The van der Waals surface area contributed by atoms with Crippen LogP contribution < -0.4 is 10.8 Å². The summed E-state index contributed by atoms with van der Waals surface area (Å²) in [5.74, 6) is 2.39. The highest BCUT2D eigenvalue weighted by atomic mass is 35.5. The van der Waals surface area contributed by atoms with Gasteiger partial charge in [-0.05, 0) is 116 Å². The second kappa shape index (κ2) is 13.0. The number of carbonyl (C=O) groups is 1. The Balaban J connectivity index is 0.989. The molecule has 7 heteroatoms. The number of fused-ring (bicyclic) bond motifs is 2. The van der Waals surface area contributed by atoms with E-state index in [1.54, 1.807) is 6.20 Å². The SMILES string of the molecule is [B]c1cnc2c(c1)CCc1cc(C)cc(Cl)c1C2C1CCN(C(=O)CCCCC2CC2CNc2ccc(Cl)cc2)CC1. The molecule has 2 radical (unpaired) electrons. The molecule has 0 spiro atoms. The number of aromatic nitrogens is 1. The molecule has 1 aromatic heterocycles. The van der Waals surface area contributed by atoms with E-state index in [9.17, 15) is 4.79 Å². The third kappa shape index (κ3) is 6.84. The van der Waals surface area contributed by atoms with Crippen LogP contribution in [0.4, 0.5) is 5.69 Å². The lowest BCUT2D eigenvalue weighted by molar-refractivity contribution is -0.132. The molecule has 1 saturated heterocycles. The number of aryl methyl sites for hydroxylation is 3. The zero-order chi connectivity index (χ0) is 29.2. The van der Waals surface area contributed by atoms with Gasteiger partial charge in [-0.3, -0.25) is 9.78 Å². The zero-order valence-corrected chi connectivity index (χ0v) is 26.1. The molecule has 42 heavy (non-hydrogen) atoms. The van der Waals surface area contributed by atoms with Crippen LogP contribution in [0.5, 0.6) is 0 Å². The van der Waals surface area contributed by atoms with Crippen LogP contribution in [0.25, 0.3) is 0 Å². The molecule has 218 valence electrons. The number of benzene rings is 2. The van der Waals surface area contributed by atoms with E-state index in [4.69, 9.17) is 36.0 Å². The number of rotatable bonds is 9. The van der Waals surface area contributed by atoms with E-state index < -0.39 is 0 Å². The summed E-state index contributed by atoms with van der Waals surface area (Å²) in [7, 11) is 6.14.